The van der Waals surface area contributed by atoms with Crippen LogP contribution in [0.2, 0.25) is 0 Å². The van der Waals surface area contributed by atoms with Crippen molar-refractivity contribution < 1.29 is 50.2 Å². The number of phosphoric acid groups is 1. The van der Waals surface area contributed by atoms with Crippen LogP contribution in [0.3, 0.4) is 0 Å². The van der Waals surface area contributed by atoms with Crippen LogP contribution in [0.25, 0.3) is 0 Å². The van der Waals surface area contributed by atoms with Crippen molar-refractivity contribution in [2.75, 3.05) is 18.5 Å². The van der Waals surface area contributed by atoms with E-state index >= 15 is 0 Å². The van der Waals surface area contributed by atoms with E-state index in [0.29, 0.717) is 7.92 Å². The Kier molecular flexibility index (Phi) is 35.4. The standard InChI is InChI=1S/C24H51P.Na.H3O4P.H/c1-4-7-10-13-16-19-22-25(23-20-17-14-11-8-5-2)24-21-18-15-12-9-6-3;;1-5(2,3)4;/h4-24H2,1-3H3;;(H3,1,2,3,4);/q;+1;;-1. The maximum atomic E-state index is 8.88. The van der Waals surface area contributed by atoms with Crippen LogP contribution >= 0.6 is 15.7 Å². The number of hydrogen-bond acceptors (Lipinski definition) is 1. The molecule has 0 saturated carbocycles. The molecule has 0 aliphatic heterocycles. The van der Waals surface area contributed by atoms with Gasteiger partial charge in [0.1, 0.15) is 0 Å². The number of rotatable bonds is 21. The zero-order chi connectivity index (χ0) is 22.9. The van der Waals surface area contributed by atoms with E-state index in [1.54, 1.807) is 18.5 Å². The molecule has 0 atom stereocenters. The summed E-state index contributed by atoms with van der Waals surface area (Å²) in [5.41, 5.74) is 0. The van der Waals surface area contributed by atoms with Gasteiger partial charge in [-0.05, 0) is 37.7 Å². The topological polar surface area (TPSA) is 77.8 Å². The molecule has 0 spiro atoms. The van der Waals surface area contributed by atoms with Crippen LogP contribution < -0.4 is 29.6 Å². The van der Waals surface area contributed by atoms with E-state index in [9.17, 15) is 0 Å². The van der Waals surface area contributed by atoms with Gasteiger partial charge in [0.05, 0.1) is 0 Å². The summed E-state index contributed by atoms with van der Waals surface area (Å²) in [5, 5.41) is 0. The maximum Gasteiger partial charge on any atom is 1.00 e. The van der Waals surface area contributed by atoms with Crippen molar-refractivity contribution in [2.24, 2.45) is 0 Å². The van der Waals surface area contributed by atoms with Gasteiger partial charge in [-0.25, -0.2) is 4.57 Å². The summed E-state index contributed by atoms with van der Waals surface area (Å²) in [7, 11) is -4.27. The zero-order valence-corrected chi connectivity index (χ0v) is 25.3. The molecule has 31 heavy (non-hydrogen) atoms. The molecule has 0 fully saturated rings. The molecule has 7 heteroatoms. The van der Waals surface area contributed by atoms with Crippen molar-refractivity contribution in [1.29, 1.82) is 0 Å². The summed E-state index contributed by atoms with van der Waals surface area (Å²) in [5.74, 6) is 0. The Morgan fingerprint density at radius 1 is 0.516 bits per heavy atom. The van der Waals surface area contributed by atoms with E-state index in [1.807, 2.05) is 0 Å². The largest absolute Gasteiger partial charge is 1.00 e. The Labute approximate surface area is 219 Å². The SMILES string of the molecule is CCCCCCCCP(CCCCCCCC)CCCCCCCC.O=P(O)(O)O.[H-].[Na+]. The normalized spacial score (nSPS) is 11.2. The summed E-state index contributed by atoms with van der Waals surface area (Å²) in [6.45, 7) is 6.96. The molecule has 4 nitrogen and oxygen atoms in total. The minimum Gasteiger partial charge on any atom is -1.00 e. The Bertz CT molecular complexity index is 328. The van der Waals surface area contributed by atoms with E-state index in [4.69, 9.17) is 19.2 Å². The van der Waals surface area contributed by atoms with Crippen molar-refractivity contribution in [3.05, 3.63) is 0 Å². The molecule has 0 aromatic heterocycles. The Balaban J connectivity index is -0.000000501. The first-order chi connectivity index (χ1) is 14.3. The first-order valence-corrected chi connectivity index (χ1v) is 16.3. The molecule has 0 aliphatic carbocycles. The van der Waals surface area contributed by atoms with Gasteiger partial charge in [0.15, 0.2) is 0 Å². The third-order valence-corrected chi connectivity index (χ3v) is 8.33. The van der Waals surface area contributed by atoms with Gasteiger partial charge >= 0.3 is 37.4 Å². The smallest absolute Gasteiger partial charge is 1.00 e. The van der Waals surface area contributed by atoms with Crippen LogP contribution in [0.4, 0.5) is 0 Å². The molecule has 0 aromatic carbocycles. The van der Waals surface area contributed by atoms with E-state index < -0.39 is 7.82 Å². The average Bonchev–Trinajstić information content (AvgIpc) is 2.68. The van der Waals surface area contributed by atoms with E-state index in [-0.39, 0.29) is 31.0 Å². The van der Waals surface area contributed by atoms with Gasteiger partial charge in [-0.2, -0.15) is 0 Å². The molecule has 0 aliphatic rings. The molecular weight excluding hydrogens is 437 g/mol. The van der Waals surface area contributed by atoms with E-state index in [0.717, 1.165) is 0 Å². The molecule has 0 unspecified atom stereocenters. The molecule has 0 amide bonds. The van der Waals surface area contributed by atoms with Crippen LogP contribution in [0.1, 0.15) is 138 Å². The Morgan fingerprint density at radius 3 is 0.935 bits per heavy atom. The minimum absolute atomic E-state index is 0. The van der Waals surface area contributed by atoms with Gasteiger partial charge in [0, 0.05) is 0 Å². The zero-order valence-electron chi connectivity index (χ0n) is 22.5. The minimum atomic E-state index is -4.64. The monoisotopic (exact) mass is 492 g/mol. The first-order valence-electron chi connectivity index (χ1n) is 12.9. The van der Waals surface area contributed by atoms with Gasteiger partial charge in [-0.1, -0.05) is 117 Å². The van der Waals surface area contributed by atoms with Gasteiger partial charge in [-0.3, -0.25) is 0 Å². The van der Waals surface area contributed by atoms with Gasteiger partial charge in [0.2, 0.25) is 0 Å². The second kappa shape index (κ2) is 29.6. The van der Waals surface area contributed by atoms with Crippen molar-refractivity contribution in [3.63, 3.8) is 0 Å². The van der Waals surface area contributed by atoms with Crippen LogP contribution in [-0.2, 0) is 4.57 Å². The Hall–Kier alpha value is 1.54. The number of hydrogen-bond donors (Lipinski definition) is 3. The molecule has 0 bridgehead atoms. The molecule has 3 N–H and O–H groups in total. The average molecular weight is 493 g/mol. The summed E-state index contributed by atoms with van der Waals surface area (Å²) >= 11 is 0. The molecule has 0 aromatic rings. The fourth-order valence-corrected chi connectivity index (χ4v) is 6.37. The summed E-state index contributed by atoms with van der Waals surface area (Å²) < 4.78 is 8.88. The molecule has 0 heterocycles. The summed E-state index contributed by atoms with van der Waals surface area (Å²) in [4.78, 5) is 21.6. The molecular formula is C24H55NaO4P2. The van der Waals surface area contributed by atoms with Crippen molar-refractivity contribution in [3.8, 4) is 0 Å². The molecule has 0 radical (unpaired) electrons. The first kappa shape index (κ1) is 37.1. The Morgan fingerprint density at radius 2 is 0.710 bits per heavy atom. The van der Waals surface area contributed by atoms with E-state index in [1.165, 1.54) is 116 Å². The fraction of sp³-hybridized carbons (Fsp3) is 1.00. The predicted molar refractivity (Wildman–Crippen MR) is 137 cm³/mol. The van der Waals surface area contributed by atoms with Gasteiger partial charge in [-0.15, -0.1) is 7.92 Å². The third-order valence-electron chi connectivity index (χ3n) is 5.48. The van der Waals surface area contributed by atoms with Crippen molar-refractivity contribution in [2.45, 2.75) is 136 Å². The molecule has 186 valence electrons. The summed E-state index contributed by atoms with van der Waals surface area (Å²) in [6.07, 6.45) is 31.2. The van der Waals surface area contributed by atoms with Gasteiger partial charge in [0.25, 0.3) is 0 Å². The van der Waals surface area contributed by atoms with Crippen molar-refractivity contribution in [1.82, 2.24) is 0 Å². The fourth-order valence-electron chi connectivity index (χ4n) is 3.68. The quantitative estimate of drug-likeness (QED) is 0.109. The van der Waals surface area contributed by atoms with E-state index in [2.05, 4.69) is 20.8 Å². The van der Waals surface area contributed by atoms with Gasteiger partial charge < -0.3 is 16.1 Å². The maximum absolute atomic E-state index is 8.88. The van der Waals surface area contributed by atoms with Crippen LogP contribution in [-0.4, -0.2) is 33.2 Å². The van der Waals surface area contributed by atoms with Crippen LogP contribution in [0.5, 0.6) is 0 Å². The van der Waals surface area contributed by atoms with Crippen LogP contribution in [0, 0.1) is 0 Å². The second-order valence-electron chi connectivity index (χ2n) is 8.66. The second-order valence-corrected chi connectivity index (χ2v) is 12.4. The summed E-state index contributed by atoms with van der Waals surface area (Å²) in [6, 6.07) is 0. The third kappa shape index (κ3) is 42.2. The van der Waals surface area contributed by atoms with Crippen molar-refractivity contribution >= 4 is 15.7 Å². The molecule has 0 rings (SSSR count). The van der Waals surface area contributed by atoms with Crippen LogP contribution in [0.15, 0.2) is 0 Å². The number of unbranched alkanes of at least 4 members (excludes halogenated alkanes) is 15. The molecule has 0 saturated heterocycles. The predicted octanol–water partition coefficient (Wildman–Crippen LogP) is 5.74.